The van der Waals surface area contributed by atoms with E-state index in [-0.39, 0.29) is 13.4 Å². The maximum Gasteiger partial charge on any atom is 0.331 e. The van der Waals surface area contributed by atoms with E-state index in [2.05, 4.69) is 21.2 Å². The van der Waals surface area contributed by atoms with E-state index < -0.39 is 11.9 Å². The monoisotopic (exact) mass is 407 g/mol. The summed E-state index contributed by atoms with van der Waals surface area (Å²) in [6, 6.07) is 8.78. The largest absolute Gasteiger partial charge is 0.454 e. The lowest BCUT2D eigenvalue weighted by molar-refractivity contribution is -0.143. The molecule has 1 aromatic heterocycles. The molecule has 25 heavy (non-hydrogen) atoms. The van der Waals surface area contributed by atoms with Gasteiger partial charge >= 0.3 is 5.97 Å². The summed E-state index contributed by atoms with van der Waals surface area (Å²) in [6.45, 7) is 0.127. The van der Waals surface area contributed by atoms with Gasteiger partial charge < -0.3 is 23.9 Å². The van der Waals surface area contributed by atoms with Crippen molar-refractivity contribution in [3.05, 3.63) is 52.4 Å². The average molecular weight is 408 g/mol. The van der Waals surface area contributed by atoms with Crippen LogP contribution in [0.4, 0.5) is 0 Å². The van der Waals surface area contributed by atoms with Crippen LogP contribution in [0.5, 0.6) is 11.5 Å². The number of halogens is 1. The Labute approximate surface area is 151 Å². The molecule has 130 valence electrons. The summed E-state index contributed by atoms with van der Waals surface area (Å²) in [5.41, 5.74) is 0.854. The van der Waals surface area contributed by atoms with Gasteiger partial charge in [-0.15, -0.1) is 0 Å². The van der Waals surface area contributed by atoms with Gasteiger partial charge in [-0.25, -0.2) is 4.79 Å². The van der Waals surface area contributed by atoms with Crippen LogP contribution >= 0.6 is 15.9 Å². The van der Waals surface area contributed by atoms with Crippen LogP contribution in [0, 0.1) is 0 Å². The second-order valence-corrected chi connectivity index (χ2v) is 5.83. The summed E-state index contributed by atoms with van der Waals surface area (Å²) in [4.78, 5) is 23.3. The zero-order chi connectivity index (χ0) is 17.6. The summed E-state index contributed by atoms with van der Waals surface area (Å²) in [5, 5.41) is 2.66. The Morgan fingerprint density at radius 1 is 1.20 bits per heavy atom. The minimum atomic E-state index is -0.634. The van der Waals surface area contributed by atoms with Gasteiger partial charge in [0.05, 0.1) is 0 Å². The van der Waals surface area contributed by atoms with E-state index in [1.54, 1.807) is 24.3 Å². The average Bonchev–Trinajstić information content (AvgIpc) is 3.24. The molecule has 2 heterocycles. The molecule has 1 N–H and O–H groups in total. The van der Waals surface area contributed by atoms with Gasteiger partial charge in [-0.2, -0.15) is 0 Å². The predicted octanol–water partition coefficient (Wildman–Crippen LogP) is 2.64. The van der Waals surface area contributed by atoms with Gasteiger partial charge in [-0.1, -0.05) is 6.07 Å². The summed E-state index contributed by atoms with van der Waals surface area (Å²) in [5.74, 6) is 0.786. The second-order valence-electron chi connectivity index (χ2n) is 5.05. The van der Waals surface area contributed by atoms with Crippen LogP contribution in [0.1, 0.15) is 11.3 Å². The van der Waals surface area contributed by atoms with Gasteiger partial charge in [0.25, 0.3) is 5.91 Å². The first kappa shape index (κ1) is 17.1. The number of fused-ring (bicyclic) bond motifs is 1. The highest BCUT2D eigenvalue weighted by Gasteiger charge is 2.13. The summed E-state index contributed by atoms with van der Waals surface area (Å²) in [6.07, 6.45) is 2.65. The fourth-order valence-electron chi connectivity index (χ4n) is 2.06. The van der Waals surface area contributed by atoms with E-state index in [1.165, 1.54) is 12.2 Å². The van der Waals surface area contributed by atoms with Crippen molar-refractivity contribution in [1.82, 2.24) is 5.32 Å². The van der Waals surface area contributed by atoms with Gasteiger partial charge in [0.2, 0.25) is 6.79 Å². The molecule has 0 fully saturated rings. The number of hydrogen-bond acceptors (Lipinski definition) is 6. The number of carbonyl (C=O) groups is 2. The summed E-state index contributed by atoms with van der Waals surface area (Å²) in [7, 11) is 0. The van der Waals surface area contributed by atoms with Gasteiger partial charge in [0, 0.05) is 12.6 Å². The molecule has 2 aromatic rings. The van der Waals surface area contributed by atoms with Gasteiger partial charge in [-0.05, 0) is 51.8 Å². The Balaban J connectivity index is 1.40. The quantitative estimate of drug-likeness (QED) is 0.584. The van der Waals surface area contributed by atoms with Gasteiger partial charge in [0.1, 0.15) is 5.76 Å². The van der Waals surface area contributed by atoms with Crippen molar-refractivity contribution < 1.29 is 28.2 Å². The Morgan fingerprint density at radius 3 is 2.84 bits per heavy atom. The SMILES string of the molecule is O=C(COC(=O)C=Cc1ccc(Br)o1)NCc1ccc2c(c1)OCO2. The van der Waals surface area contributed by atoms with Crippen LogP contribution in [0.2, 0.25) is 0 Å². The lowest BCUT2D eigenvalue weighted by atomic mass is 10.2. The number of benzene rings is 1. The molecule has 7 nitrogen and oxygen atoms in total. The molecule has 0 radical (unpaired) electrons. The lowest BCUT2D eigenvalue weighted by Crippen LogP contribution is -2.28. The smallest absolute Gasteiger partial charge is 0.331 e. The maximum absolute atomic E-state index is 11.7. The molecule has 1 aromatic carbocycles. The standard InChI is InChI=1S/C17H14BrNO6/c18-15-5-2-12(25-15)3-6-17(21)22-9-16(20)19-8-11-1-4-13-14(7-11)24-10-23-13/h1-7H,8-10H2,(H,19,20). The molecule has 0 unspecified atom stereocenters. The number of nitrogens with one attached hydrogen (secondary N) is 1. The highest BCUT2D eigenvalue weighted by Crippen LogP contribution is 2.32. The summed E-state index contributed by atoms with van der Waals surface area (Å²) < 4.78 is 21.1. The minimum Gasteiger partial charge on any atom is -0.454 e. The Morgan fingerprint density at radius 2 is 2.04 bits per heavy atom. The number of carbonyl (C=O) groups excluding carboxylic acids is 2. The topological polar surface area (TPSA) is 87.0 Å². The normalized spacial score (nSPS) is 12.4. The molecule has 1 amide bonds. The van der Waals surface area contributed by atoms with Crippen LogP contribution in [-0.2, 0) is 20.9 Å². The lowest BCUT2D eigenvalue weighted by Gasteiger charge is -2.06. The van der Waals surface area contributed by atoms with E-state index in [0.29, 0.717) is 28.5 Å². The molecule has 1 aliphatic rings. The zero-order valence-corrected chi connectivity index (χ0v) is 14.6. The van der Waals surface area contributed by atoms with Crippen molar-refractivity contribution in [3.8, 4) is 11.5 Å². The molecule has 0 atom stereocenters. The molecule has 3 rings (SSSR count). The molecular formula is C17H14BrNO6. The number of rotatable bonds is 6. The molecule has 0 saturated carbocycles. The van der Waals surface area contributed by atoms with E-state index in [4.69, 9.17) is 18.6 Å². The number of hydrogen-bond donors (Lipinski definition) is 1. The van der Waals surface area contributed by atoms with Gasteiger partial charge in [-0.3, -0.25) is 4.79 Å². The fraction of sp³-hybridized carbons (Fsp3) is 0.176. The van der Waals surface area contributed by atoms with Crippen molar-refractivity contribution in [2.24, 2.45) is 0 Å². The van der Waals surface area contributed by atoms with Crippen LogP contribution in [0.15, 0.2) is 45.5 Å². The molecule has 0 saturated heterocycles. The highest BCUT2D eigenvalue weighted by atomic mass is 79.9. The number of esters is 1. The number of furan rings is 1. The fourth-order valence-corrected chi connectivity index (χ4v) is 2.37. The third-order valence-corrected chi connectivity index (χ3v) is 3.68. The first-order valence-corrected chi connectivity index (χ1v) is 8.15. The predicted molar refractivity (Wildman–Crippen MR) is 90.8 cm³/mol. The minimum absolute atomic E-state index is 0.198. The Bertz CT molecular complexity index is 813. The zero-order valence-electron chi connectivity index (χ0n) is 13.0. The highest BCUT2D eigenvalue weighted by molar-refractivity contribution is 9.10. The summed E-state index contributed by atoms with van der Waals surface area (Å²) >= 11 is 3.16. The molecule has 1 aliphatic heterocycles. The van der Waals surface area contributed by atoms with Crippen molar-refractivity contribution in [2.75, 3.05) is 13.4 Å². The maximum atomic E-state index is 11.7. The van der Waals surface area contributed by atoms with E-state index >= 15 is 0 Å². The van der Waals surface area contributed by atoms with E-state index in [9.17, 15) is 9.59 Å². The molecule has 0 aliphatic carbocycles. The third-order valence-electron chi connectivity index (χ3n) is 3.25. The number of amides is 1. The first-order valence-electron chi connectivity index (χ1n) is 7.35. The molecule has 0 bridgehead atoms. The van der Waals surface area contributed by atoms with Gasteiger partial charge in [0.15, 0.2) is 22.8 Å². The molecule has 0 spiro atoms. The number of ether oxygens (including phenoxy) is 3. The van der Waals surface area contributed by atoms with E-state index in [0.717, 1.165) is 5.56 Å². The third kappa shape index (κ3) is 4.87. The van der Waals surface area contributed by atoms with Crippen LogP contribution in [0.25, 0.3) is 6.08 Å². The Kier molecular flexibility index (Phi) is 5.39. The molecular weight excluding hydrogens is 394 g/mol. The first-order chi connectivity index (χ1) is 12.1. The van der Waals surface area contributed by atoms with Crippen molar-refractivity contribution in [3.63, 3.8) is 0 Å². The van der Waals surface area contributed by atoms with Crippen LogP contribution in [-0.4, -0.2) is 25.3 Å². The second kappa shape index (κ2) is 7.89. The van der Waals surface area contributed by atoms with Crippen molar-refractivity contribution in [1.29, 1.82) is 0 Å². The van der Waals surface area contributed by atoms with Crippen LogP contribution < -0.4 is 14.8 Å². The van der Waals surface area contributed by atoms with E-state index in [1.807, 2.05) is 6.07 Å². The Hall–Kier alpha value is -2.74. The van der Waals surface area contributed by atoms with Crippen molar-refractivity contribution >= 4 is 33.9 Å². The van der Waals surface area contributed by atoms with Crippen molar-refractivity contribution in [2.45, 2.75) is 6.54 Å². The molecule has 8 heteroatoms. The van der Waals surface area contributed by atoms with Crippen LogP contribution in [0.3, 0.4) is 0 Å².